The zero-order valence-corrected chi connectivity index (χ0v) is 11.0. The maximum Gasteiger partial charge on any atom is 0.267 e. The van der Waals surface area contributed by atoms with Gasteiger partial charge in [-0.25, -0.2) is 0 Å². The van der Waals surface area contributed by atoms with Crippen LogP contribution in [0.25, 0.3) is 0 Å². The minimum Gasteiger partial charge on any atom is -0.475 e. The summed E-state index contributed by atoms with van der Waals surface area (Å²) in [5.74, 6) is -0.0424. The minimum absolute atomic E-state index is 0.262. The van der Waals surface area contributed by atoms with Crippen molar-refractivity contribution in [3.63, 3.8) is 0 Å². The number of nitriles is 1. The molecule has 2 atom stereocenters. The summed E-state index contributed by atoms with van der Waals surface area (Å²) in [5.41, 5.74) is 7.56. The van der Waals surface area contributed by atoms with E-state index in [1.54, 1.807) is 0 Å². The molecule has 0 radical (unpaired) electrons. The van der Waals surface area contributed by atoms with Gasteiger partial charge in [0, 0.05) is 6.20 Å². The van der Waals surface area contributed by atoms with Crippen LogP contribution in [-0.4, -0.2) is 17.0 Å². The molecule has 0 saturated carbocycles. The molecule has 3 rings (SSSR count). The maximum atomic E-state index is 12.1. The van der Waals surface area contributed by atoms with Crippen molar-refractivity contribution < 1.29 is 9.53 Å². The highest BCUT2D eigenvalue weighted by molar-refractivity contribution is 5.98. The number of anilines is 1. The van der Waals surface area contributed by atoms with E-state index in [9.17, 15) is 4.79 Å². The van der Waals surface area contributed by atoms with Gasteiger partial charge in [-0.3, -0.25) is 9.78 Å². The van der Waals surface area contributed by atoms with Gasteiger partial charge in [-0.1, -0.05) is 30.3 Å². The molecular formula is C15H12N4O2. The van der Waals surface area contributed by atoms with Gasteiger partial charge in [-0.05, 0) is 5.56 Å². The Morgan fingerprint density at radius 2 is 2.10 bits per heavy atom. The van der Waals surface area contributed by atoms with E-state index in [1.807, 2.05) is 36.4 Å². The Hall–Kier alpha value is -2.91. The molecule has 2 heterocycles. The van der Waals surface area contributed by atoms with Crippen molar-refractivity contribution in [3.8, 4) is 11.8 Å². The second-order valence-electron chi connectivity index (χ2n) is 4.64. The quantitative estimate of drug-likeness (QED) is 0.864. The van der Waals surface area contributed by atoms with Crippen LogP contribution in [0, 0.1) is 11.3 Å². The van der Waals surface area contributed by atoms with E-state index in [2.05, 4.69) is 10.3 Å². The molecule has 1 aliphatic rings. The van der Waals surface area contributed by atoms with Crippen LogP contribution >= 0.6 is 0 Å². The third-order valence-corrected chi connectivity index (χ3v) is 3.29. The number of aromatic nitrogens is 1. The summed E-state index contributed by atoms with van der Waals surface area (Å²) in [5, 5.41) is 11.8. The molecule has 1 aromatic heterocycles. The van der Waals surface area contributed by atoms with Crippen LogP contribution in [0.5, 0.6) is 5.75 Å². The lowest BCUT2D eigenvalue weighted by Gasteiger charge is -2.29. The molecule has 0 unspecified atom stereocenters. The number of carbonyl (C=O) groups is 1. The first-order valence-electron chi connectivity index (χ1n) is 6.37. The third-order valence-electron chi connectivity index (χ3n) is 3.29. The largest absolute Gasteiger partial charge is 0.475 e. The number of nitrogens with zero attached hydrogens (tertiary/aromatic N) is 2. The highest BCUT2D eigenvalue weighted by Crippen LogP contribution is 2.34. The molecule has 0 bridgehead atoms. The fourth-order valence-electron chi connectivity index (χ4n) is 2.22. The average Bonchev–Trinajstić information content (AvgIpc) is 2.53. The molecule has 0 fully saturated rings. The van der Waals surface area contributed by atoms with E-state index in [0.717, 1.165) is 5.56 Å². The van der Waals surface area contributed by atoms with Crippen molar-refractivity contribution in [2.24, 2.45) is 5.73 Å². The number of benzene rings is 1. The molecule has 104 valence electrons. The molecule has 0 aliphatic carbocycles. The first-order valence-corrected chi connectivity index (χ1v) is 6.37. The number of pyridine rings is 1. The van der Waals surface area contributed by atoms with E-state index in [1.165, 1.54) is 12.4 Å². The van der Waals surface area contributed by atoms with E-state index >= 15 is 0 Å². The molecule has 1 aliphatic heterocycles. The van der Waals surface area contributed by atoms with E-state index in [4.69, 9.17) is 15.7 Å². The van der Waals surface area contributed by atoms with Crippen LogP contribution in [0.3, 0.4) is 0 Å². The zero-order valence-electron chi connectivity index (χ0n) is 11.0. The molecule has 6 nitrogen and oxygen atoms in total. The molecule has 3 N–H and O–H groups in total. The monoisotopic (exact) mass is 280 g/mol. The highest BCUT2D eigenvalue weighted by Gasteiger charge is 2.35. The van der Waals surface area contributed by atoms with E-state index < -0.39 is 12.1 Å². The standard InChI is InChI=1S/C15H12N4O2/c16-6-10-7-18-8-11-13(10)21-14(15(20)19-11)12(17)9-4-2-1-3-5-9/h1-5,7-8,12,14H,17H2,(H,19,20)/t12-,14+/m1/s1. The average molecular weight is 280 g/mol. The summed E-state index contributed by atoms with van der Waals surface area (Å²) in [6.45, 7) is 0. The van der Waals surface area contributed by atoms with Gasteiger partial charge < -0.3 is 15.8 Å². The van der Waals surface area contributed by atoms with Crippen LogP contribution in [-0.2, 0) is 4.79 Å². The number of fused-ring (bicyclic) bond motifs is 1. The van der Waals surface area contributed by atoms with E-state index in [0.29, 0.717) is 11.4 Å². The van der Waals surface area contributed by atoms with Crippen LogP contribution < -0.4 is 15.8 Å². The lowest BCUT2D eigenvalue weighted by molar-refractivity contribution is -0.124. The first-order chi connectivity index (χ1) is 10.2. The number of ether oxygens (including phenoxy) is 1. The molecule has 1 aromatic carbocycles. The molecule has 21 heavy (non-hydrogen) atoms. The Balaban J connectivity index is 1.96. The number of nitrogens with two attached hydrogens (primary N) is 1. The predicted molar refractivity (Wildman–Crippen MR) is 75.4 cm³/mol. The first kappa shape index (κ1) is 13.1. The lowest BCUT2D eigenvalue weighted by Crippen LogP contribution is -2.44. The summed E-state index contributed by atoms with van der Waals surface area (Å²) in [6, 6.07) is 10.6. The van der Waals surface area contributed by atoms with Crippen molar-refractivity contribution in [1.29, 1.82) is 5.26 Å². The van der Waals surface area contributed by atoms with Gasteiger partial charge in [0.15, 0.2) is 11.9 Å². The second-order valence-corrected chi connectivity index (χ2v) is 4.64. The summed E-state index contributed by atoms with van der Waals surface area (Å²) < 4.78 is 5.68. The van der Waals surface area contributed by atoms with Crippen molar-refractivity contribution in [3.05, 3.63) is 53.9 Å². The van der Waals surface area contributed by atoms with Gasteiger partial charge in [0.2, 0.25) is 0 Å². The van der Waals surface area contributed by atoms with Crippen LogP contribution in [0.1, 0.15) is 17.2 Å². The number of rotatable bonds is 2. The number of hydrogen-bond acceptors (Lipinski definition) is 5. The number of nitrogens with one attached hydrogen (secondary N) is 1. The van der Waals surface area contributed by atoms with Gasteiger partial charge in [0.05, 0.1) is 12.2 Å². The molecule has 1 amide bonds. The Morgan fingerprint density at radius 3 is 2.81 bits per heavy atom. The fourth-order valence-corrected chi connectivity index (χ4v) is 2.22. The highest BCUT2D eigenvalue weighted by atomic mass is 16.5. The maximum absolute atomic E-state index is 12.1. The summed E-state index contributed by atoms with van der Waals surface area (Å²) in [7, 11) is 0. The van der Waals surface area contributed by atoms with Crippen LogP contribution in [0.15, 0.2) is 42.7 Å². The Labute approximate surface area is 121 Å². The summed E-state index contributed by atoms with van der Waals surface area (Å²) in [4.78, 5) is 16.0. The van der Waals surface area contributed by atoms with Gasteiger partial charge >= 0.3 is 0 Å². The normalized spacial score (nSPS) is 17.9. The molecule has 6 heteroatoms. The van der Waals surface area contributed by atoms with Crippen molar-refractivity contribution >= 4 is 11.6 Å². The summed E-state index contributed by atoms with van der Waals surface area (Å²) in [6.07, 6.45) is 1.94. The van der Waals surface area contributed by atoms with Gasteiger partial charge in [0.25, 0.3) is 5.91 Å². The SMILES string of the molecule is N#Cc1cncc2c1O[C@@H]([C@H](N)c1ccccc1)C(=O)N2. The fraction of sp³-hybridized carbons (Fsp3) is 0.133. The number of amides is 1. The smallest absolute Gasteiger partial charge is 0.267 e. The van der Waals surface area contributed by atoms with Crippen molar-refractivity contribution in [2.45, 2.75) is 12.1 Å². The summed E-state index contributed by atoms with van der Waals surface area (Å²) >= 11 is 0. The van der Waals surface area contributed by atoms with Gasteiger partial charge in [-0.15, -0.1) is 0 Å². The van der Waals surface area contributed by atoms with Crippen molar-refractivity contribution in [1.82, 2.24) is 4.98 Å². The third kappa shape index (κ3) is 2.30. The molecule has 0 spiro atoms. The van der Waals surface area contributed by atoms with E-state index in [-0.39, 0.29) is 11.5 Å². The second kappa shape index (κ2) is 5.23. The Morgan fingerprint density at radius 1 is 1.33 bits per heavy atom. The van der Waals surface area contributed by atoms with Gasteiger partial charge in [-0.2, -0.15) is 5.26 Å². The van der Waals surface area contributed by atoms with Crippen molar-refractivity contribution in [2.75, 3.05) is 5.32 Å². The molecular weight excluding hydrogens is 268 g/mol. The molecule has 0 saturated heterocycles. The Kier molecular flexibility index (Phi) is 3.26. The Bertz CT molecular complexity index is 724. The zero-order chi connectivity index (χ0) is 14.8. The minimum atomic E-state index is -0.894. The topological polar surface area (TPSA) is 101 Å². The number of hydrogen-bond donors (Lipinski definition) is 2. The number of carbonyl (C=O) groups excluding carboxylic acids is 1. The predicted octanol–water partition coefficient (Wildman–Crippen LogP) is 1.35. The van der Waals surface area contributed by atoms with Crippen LogP contribution in [0.4, 0.5) is 5.69 Å². The van der Waals surface area contributed by atoms with Crippen LogP contribution in [0.2, 0.25) is 0 Å². The van der Waals surface area contributed by atoms with Gasteiger partial charge in [0.1, 0.15) is 17.3 Å². The molecule has 2 aromatic rings. The lowest BCUT2D eigenvalue weighted by atomic mass is 10.0.